The first-order valence-electron chi connectivity index (χ1n) is 9.18. The molecule has 3 aromatic carbocycles. The number of hydrogen-bond acceptors (Lipinski definition) is 2. The molecular formula is C28H30O2W2Y-2. The van der Waals surface area contributed by atoms with Gasteiger partial charge in [-0.25, -0.2) is 24.3 Å². The third kappa shape index (κ3) is 15.7. The molecule has 1 radical (unpaired) electrons. The SMILES string of the molecule is C.[CH2-]Cc1[c-]ccc(C)c1.[CH2-]c1cc(C)ccc1[C-]=O.[CH2-]c1ccc(C)cc1[C-]=O.[W+2].[W+2].[Y]. The van der Waals surface area contributed by atoms with Gasteiger partial charge in [-0.05, 0) is 12.6 Å². The fourth-order valence-electron chi connectivity index (χ4n) is 2.40. The average Bonchev–Trinajstić information content (AvgIpc) is 2.71. The van der Waals surface area contributed by atoms with Gasteiger partial charge in [-0.15, -0.1) is 23.3 Å². The predicted molar refractivity (Wildman–Crippen MR) is 127 cm³/mol. The van der Waals surface area contributed by atoms with Crippen molar-refractivity contribution in [3.05, 3.63) is 126 Å². The Morgan fingerprint density at radius 2 is 1.27 bits per heavy atom. The Kier molecular flexibility index (Phi) is 26.0. The quantitative estimate of drug-likeness (QED) is 0.300. The molecule has 33 heavy (non-hydrogen) atoms. The van der Waals surface area contributed by atoms with Crippen LogP contribution in [0.15, 0.2) is 54.6 Å². The molecule has 5 heteroatoms. The molecule has 0 unspecified atom stereocenters. The fourth-order valence-corrected chi connectivity index (χ4v) is 2.40. The molecule has 3 aromatic rings. The molecule has 0 aliphatic carbocycles. The molecule has 2 nitrogen and oxygen atoms in total. The average molecular weight is 855 g/mol. The maximum atomic E-state index is 10.2. The van der Waals surface area contributed by atoms with E-state index >= 15 is 0 Å². The van der Waals surface area contributed by atoms with E-state index in [0.717, 1.165) is 28.7 Å². The molecule has 0 N–H and O–H groups in total. The molecule has 0 fully saturated rings. The number of hydrogen-bond donors (Lipinski definition) is 0. The van der Waals surface area contributed by atoms with Crippen LogP contribution in [0.1, 0.15) is 51.9 Å². The van der Waals surface area contributed by atoms with Crippen LogP contribution in [0, 0.1) is 47.6 Å². The van der Waals surface area contributed by atoms with Gasteiger partial charge < -0.3 is 16.5 Å². The summed E-state index contributed by atoms with van der Waals surface area (Å²) in [6, 6.07) is 20.1. The molecule has 0 atom stereocenters. The monoisotopic (exact) mass is 855 g/mol. The van der Waals surface area contributed by atoms with Gasteiger partial charge in [-0.2, -0.15) is 41.8 Å². The summed E-state index contributed by atoms with van der Waals surface area (Å²) < 4.78 is 0. The van der Waals surface area contributed by atoms with Gasteiger partial charge in [0.2, 0.25) is 0 Å². The van der Waals surface area contributed by atoms with E-state index in [9.17, 15) is 9.59 Å². The normalized spacial score (nSPS) is 8.24. The summed E-state index contributed by atoms with van der Waals surface area (Å²) in [5, 5.41) is 0. The van der Waals surface area contributed by atoms with Gasteiger partial charge >= 0.3 is 42.1 Å². The minimum Gasteiger partial charge on any atom is -0.391 e. The van der Waals surface area contributed by atoms with Crippen LogP contribution >= 0.6 is 0 Å². The minimum absolute atomic E-state index is 0. The van der Waals surface area contributed by atoms with Crippen molar-refractivity contribution in [2.75, 3.05) is 0 Å². The van der Waals surface area contributed by atoms with Crippen LogP contribution in [0.3, 0.4) is 0 Å². The second-order valence-electron chi connectivity index (χ2n) is 6.67. The van der Waals surface area contributed by atoms with Crippen molar-refractivity contribution < 1.29 is 84.4 Å². The van der Waals surface area contributed by atoms with Crippen molar-refractivity contribution in [1.29, 1.82) is 0 Å². The Balaban J connectivity index is -0.000000180. The summed E-state index contributed by atoms with van der Waals surface area (Å²) in [5.74, 6) is 0. The zero-order valence-electron chi connectivity index (χ0n) is 18.7. The van der Waals surface area contributed by atoms with E-state index in [1.807, 2.05) is 62.8 Å². The van der Waals surface area contributed by atoms with E-state index in [4.69, 9.17) is 0 Å². The largest absolute Gasteiger partial charge is 2.00 e. The first kappa shape index (κ1) is 39.4. The Bertz CT molecular complexity index is 956. The molecule has 0 aromatic heterocycles. The van der Waals surface area contributed by atoms with Crippen molar-refractivity contribution in [2.24, 2.45) is 0 Å². The molecule has 0 spiro atoms. The van der Waals surface area contributed by atoms with Gasteiger partial charge in [0, 0.05) is 32.7 Å². The Hall–Kier alpha value is -0.779. The Morgan fingerprint density at radius 1 is 0.758 bits per heavy atom. The molecule has 0 heterocycles. The molecule has 171 valence electrons. The first-order chi connectivity index (χ1) is 13.8. The second-order valence-corrected chi connectivity index (χ2v) is 6.67. The first-order valence-corrected chi connectivity index (χ1v) is 9.18. The van der Waals surface area contributed by atoms with E-state index in [0.29, 0.717) is 11.1 Å². The van der Waals surface area contributed by atoms with E-state index in [2.05, 4.69) is 39.8 Å². The van der Waals surface area contributed by atoms with Gasteiger partial charge in [0.25, 0.3) is 0 Å². The third-order valence-corrected chi connectivity index (χ3v) is 4.03. The van der Waals surface area contributed by atoms with Gasteiger partial charge in [-0.1, -0.05) is 28.2 Å². The van der Waals surface area contributed by atoms with Crippen molar-refractivity contribution >= 4 is 12.6 Å². The second kappa shape index (κ2) is 21.7. The van der Waals surface area contributed by atoms with Crippen LogP contribution in [-0.2, 0) is 90.8 Å². The maximum Gasteiger partial charge on any atom is 2.00 e. The zero-order chi connectivity index (χ0) is 21.8. The Morgan fingerprint density at radius 3 is 1.70 bits per heavy atom. The van der Waals surface area contributed by atoms with Gasteiger partial charge in [-0.3, -0.25) is 36.1 Å². The van der Waals surface area contributed by atoms with Crippen molar-refractivity contribution in [1.82, 2.24) is 0 Å². The zero-order valence-corrected chi connectivity index (χ0v) is 27.4. The summed E-state index contributed by atoms with van der Waals surface area (Å²) in [4.78, 5) is 20.4. The van der Waals surface area contributed by atoms with Gasteiger partial charge in [0.05, 0.1) is 0 Å². The van der Waals surface area contributed by atoms with Gasteiger partial charge in [0.15, 0.2) is 0 Å². The molecule has 3 rings (SSSR count). The maximum absolute atomic E-state index is 10.2. The third-order valence-electron chi connectivity index (χ3n) is 4.03. The van der Waals surface area contributed by atoms with E-state index in [1.54, 1.807) is 12.1 Å². The number of rotatable bonds is 3. The molecule has 0 amide bonds. The topological polar surface area (TPSA) is 34.1 Å². The number of carbonyl (C=O) groups excluding carboxylic acids is 2. The molecule has 0 aliphatic heterocycles. The number of aryl methyl sites for hydroxylation is 3. The van der Waals surface area contributed by atoms with E-state index in [-0.39, 0.29) is 82.3 Å². The van der Waals surface area contributed by atoms with Crippen LogP contribution in [0.5, 0.6) is 0 Å². The van der Waals surface area contributed by atoms with Crippen LogP contribution < -0.4 is 0 Å². The molecule has 0 bridgehead atoms. The van der Waals surface area contributed by atoms with Gasteiger partial charge in [0.1, 0.15) is 0 Å². The van der Waals surface area contributed by atoms with Crippen molar-refractivity contribution in [3.63, 3.8) is 0 Å². The van der Waals surface area contributed by atoms with E-state index < -0.39 is 0 Å². The van der Waals surface area contributed by atoms with Crippen LogP contribution in [0.4, 0.5) is 0 Å². The standard InChI is InChI=1S/2C9H8O.C9H10.CH4.2W.Y/c1-7-3-4-9(6-10)8(2)5-7;1-7-3-4-8(2)9(5-7)6-10;1-3-9-6-4-5-8(2)7-9;;;;/h2*3-5H,2H2,1H3;4-5,7H,1,3H2,2H3;1H4;;;/q3*-2;;2*+2;. The number of benzene rings is 3. The summed E-state index contributed by atoms with van der Waals surface area (Å²) >= 11 is 0. The summed E-state index contributed by atoms with van der Waals surface area (Å²) in [7, 11) is 0. The predicted octanol–water partition coefficient (Wildman–Crippen LogP) is 6.07. The van der Waals surface area contributed by atoms with Crippen LogP contribution in [-0.4, -0.2) is 12.6 Å². The smallest absolute Gasteiger partial charge is 0.391 e. The molecular weight excluding hydrogens is 825 g/mol. The molecule has 0 aliphatic rings. The van der Waals surface area contributed by atoms with Crippen LogP contribution in [0.25, 0.3) is 0 Å². The fraction of sp³-hybridized carbons (Fsp3) is 0.179. The summed E-state index contributed by atoms with van der Waals surface area (Å²) in [6.07, 6.45) is 4.47. The minimum atomic E-state index is 0. The summed E-state index contributed by atoms with van der Waals surface area (Å²) in [5.41, 5.74) is 7.23. The molecule has 0 saturated carbocycles. The van der Waals surface area contributed by atoms with Crippen molar-refractivity contribution in [3.8, 4) is 0 Å². The van der Waals surface area contributed by atoms with Crippen molar-refractivity contribution in [2.45, 2.75) is 34.6 Å². The molecule has 0 saturated heterocycles. The summed E-state index contributed by atoms with van der Waals surface area (Å²) in [6.45, 7) is 17.1. The van der Waals surface area contributed by atoms with E-state index in [1.165, 1.54) is 11.1 Å². The van der Waals surface area contributed by atoms with Crippen LogP contribution in [0.2, 0.25) is 0 Å². The Labute approximate surface area is 255 Å².